The molecule has 1 aromatic heterocycles. The van der Waals surface area contributed by atoms with Gasteiger partial charge in [0.25, 0.3) is 0 Å². The normalized spacial score (nSPS) is 11.3. The van der Waals surface area contributed by atoms with Gasteiger partial charge in [-0.25, -0.2) is 13.4 Å². The Labute approximate surface area is 190 Å². The minimum atomic E-state index is -3.43. The monoisotopic (exact) mass is 470 g/mol. The average Bonchev–Trinajstić information content (AvgIpc) is 3.17. The molecule has 0 radical (unpaired) electrons. The molecule has 0 fully saturated rings. The maximum Gasteiger partial charge on any atom is 0.248 e. The second-order valence-electron chi connectivity index (χ2n) is 6.97. The number of hydrogen-bond acceptors (Lipinski definition) is 6. The number of nitrogens with zero attached hydrogens (tertiary/aromatic N) is 2. The second-order valence-corrected chi connectivity index (χ2v) is 9.56. The molecule has 2 amide bonds. The van der Waals surface area contributed by atoms with E-state index in [0.29, 0.717) is 27.9 Å². The third kappa shape index (κ3) is 6.25. The fraction of sp³-hybridized carbons (Fsp3) is 0.136. The average molecular weight is 471 g/mol. The quantitative estimate of drug-likeness (QED) is 0.504. The highest BCUT2D eigenvalue weighted by molar-refractivity contribution is 7.92. The van der Waals surface area contributed by atoms with Crippen molar-refractivity contribution >= 4 is 61.4 Å². The molecule has 0 aliphatic heterocycles. The van der Waals surface area contributed by atoms with Crippen LogP contribution in [-0.2, 0) is 19.6 Å². The predicted octanol–water partition coefficient (Wildman–Crippen LogP) is 4.16. The molecule has 0 aliphatic rings. The van der Waals surface area contributed by atoms with E-state index in [9.17, 15) is 18.0 Å². The lowest BCUT2D eigenvalue weighted by Gasteiger charge is -2.17. The smallest absolute Gasteiger partial charge is 0.248 e. The summed E-state index contributed by atoms with van der Waals surface area (Å²) < 4.78 is 25.4. The minimum Gasteiger partial charge on any atom is -0.322 e. The van der Waals surface area contributed by atoms with E-state index in [4.69, 9.17) is 0 Å². The number of aryl methyl sites for hydroxylation is 1. The molecule has 2 aromatic carbocycles. The number of rotatable bonds is 7. The molecule has 2 N–H and O–H groups in total. The summed E-state index contributed by atoms with van der Waals surface area (Å²) in [4.78, 5) is 30.4. The lowest BCUT2D eigenvalue weighted by atomic mass is 10.2. The van der Waals surface area contributed by atoms with Crippen molar-refractivity contribution in [3.05, 3.63) is 71.2 Å². The van der Waals surface area contributed by atoms with Crippen molar-refractivity contribution in [2.75, 3.05) is 21.2 Å². The molecule has 0 aliphatic carbocycles. The first-order valence-corrected chi connectivity index (χ1v) is 12.3. The van der Waals surface area contributed by atoms with Crippen molar-refractivity contribution < 1.29 is 18.0 Å². The molecule has 3 rings (SSSR count). The SMILES string of the molecule is CC(=O)N(c1ccccc1)c1nc(/C=C/C(=O)Nc2ccc(C)c(NS(C)(=O)=O)c2)cs1. The zero-order valence-electron chi connectivity index (χ0n) is 17.7. The third-order valence-electron chi connectivity index (χ3n) is 4.24. The summed E-state index contributed by atoms with van der Waals surface area (Å²) in [5, 5.41) is 4.94. The Bertz CT molecular complexity index is 1270. The van der Waals surface area contributed by atoms with E-state index in [0.717, 1.165) is 11.8 Å². The van der Waals surface area contributed by atoms with Gasteiger partial charge in [-0.2, -0.15) is 0 Å². The second kappa shape index (κ2) is 9.75. The molecule has 3 aromatic rings. The van der Waals surface area contributed by atoms with Gasteiger partial charge in [0.1, 0.15) is 0 Å². The molecule has 8 nitrogen and oxygen atoms in total. The number of anilines is 4. The van der Waals surface area contributed by atoms with Crippen molar-refractivity contribution in [2.45, 2.75) is 13.8 Å². The highest BCUT2D eigenvalue weighted by atomic mass is 32.2. The Morgan fingerprint density at radius 3 is 2.50 bits per heavy atom. The molecule has 0 unspecified atom stereocenters. The van der Waals surface area contributed by atoms with E-state index >= 15 is 0 Å². The molecule has 0 spiro atoms. The summed E-state index contributed by atoms with van der Waals surface area (Å²) in [6, 6.07) is 14.1. The lowest BCUT2D eigenvalue weighted by Crippen LogP contribution is -2.22. The Morgan fingerprint density at radius 2 is 1.84 bits per heavy atom. The number of carbonyl (C=O) groups excluding carboxylic acids is 2. The highest BCUT2D eigenvalue weighted by Gasteiger charge is 2.17. The fourth-order valence-corrected chi connectivity index (χ4v) is 4.29. The summed E-state index contributed by atoms with van der Waals surface area (Å²) >= 11 is 1.29. The Kier molecular flexibility index (Phi) is 7.06. The van der Waals surface area contributed by atoms with E-state index < -0.39 is 15.9 Å². The summed E-state index contributed by atoms with van der Waals surface area (Å²) in [5.41, 5.74) is 2.81. The summed E-state index contributed by atoms with van der Waals surface area (Å²) in [6.45, 7) is 3.23. The molecule has 0 saturated carbocycles. The Hall–Kier alpha value is -3.50. The van der Waals surface area contributed by atoms with Crippen molar-refractivity contribution in [1.82, 2.24) is 4.98 Å². The van der Waals surface area contributed by atoms with Crippen LogP contribution in [0.2, 0.25) is 0 Å². The van der Waals surface area contributed by atoms with Crippen molar-refractivity contribution in [3.8, 4) is 0 Å². The van der Waals surface area contributed by atoms with Gasteiger partial charge in [0.05, 0.1) is 23.3 Å². The van der Waals surface area contributed by atoms with Gasteiger partial charge in [-0.05, 0) is 42.8 Å². The van der Waals surface area contributed by atoms with Crippen LogP contribution in [0.4, 0.5) is 22.2 Å². The van der Waals surface area contributed by atoms with Crippen LogP contribution in [0, 0.1) is 6.92 Å². The van der Waals surface area contributed by atoms with Crippen LogP contribution in [0.15, 0.2) is 60.0 Å². The van der Waals surface area contributed by atoms with Gasteiger partial charge in [-0.1, -0.05) is 24.3 Å². The minimum absolute atomic E-state index is 0.170. The van der Waals surface area contributed by atoms with Crippen molar-refractivity contribution in [1.29, 1.82) is 0 Å². The van der Waals surface area contributed by atoms with Crippen molar-refractivity contribution in [3.63, 3.8) is 0 Å². The first-order chi connectivity index (χ1) is 15.1. The van der Waals surface area contributed by atoms with E-state index in [2.05, 4.69) is 15.0 Å². The molecule has 0 saturated heterocycles. The third-order valence-corrected chi connectivity index (χ3v) is 5.67. The van der Waals surface area contributed by atoms with E-state index in [1.54, 1.807) is 36.6 Å². The Morgan fingerprint density at radius 1 is 1.12 bits per heavy atom. The number of hydrogen-bond donors (Lipinski definition) is 2. The Balaban J connectivity index is 1.71. The van der Waals surface area contributed by atoms with Crippen LogP contribution >= 0.6 is 11.3 Å². The van der Waals surface area contributed by atoms with Crippen LogP contribution in [0.5, 0.6) is 0 Å². The van der Waals surface area contributed by atoms with Crippen LogP contribution in [0.25, 0.3) is 6.08 Å². The first kappa shape index (κ1) is 23.2. The number of sulfonamides is 1. The van der Waals surface area contributed by atoms with E-state index in [1.165, 1.54) is 29.2 Å². The van der Waals surface area contributed by atoms with Gasteiger partial charge in [0.2, 0.25) is 21.8 Å². The molecule has 1 heterocycles. The molecular formula is C22H22N4O4S2. The summed E-state index contributed by atoms with van der Waals surface area (Å²) in [7, 11) is -3.43. The van der Waals surface area contributed by atoms with E-state index in [1.807, 2.05) is 30.3 Å². The number of nitrogens with one attached hydrogen (secondary N) is 2. The standard InChI is InChI=1S/C22H22N4O4S2/c1-15-9-10-17(13-20(15)25-32(3,29)30)23-21(28)12-11-18-14-31-22(24-18)26(16(2)27)19-7-5-4-6-8-19/h4-14,25H,1-3H3,(H,23,28)/b12-11+. The molecule has 32 heavy (non-hydrogen) atoms. The summed E-state index contributed by atoms with van der Waals surface area (Å²) in [6.07, 6.45) is 3.93. The van der Waals surface area contributed by atoms with Crippen LogP contribution in [0.1, 0.15) is 18.2 Å². The lowest BCUT2D eigenvalue weighted by molar-refractivity contribution is -0.116. The van der Waals surface area contributed by atoms with Crippen LogP contribution < -0.4 is 14.9 Å². The number of amides is 2. The molecule has 166 valence electrons. The fourth-order valence-electron chi connectivity index (χ4n) is 2.81. The van der Waals surface area contributed by atoms with Crippen molar-refractivity contribution in [2.24, 2.45) is 0 Å². The molecule has 10 heteroatoms. The first-order valence-electron chi connectivity index (χ1n) is 9.51. The van der Waals surface area contributed by atoms with Gasteiger partial charge < -0.3 is 5.32 Å². The zero-order chi connectivity index (χ0) is 23.3. The largest absolute Gasteiger partial charge is 0.322 e. The maximum atomic E-state index is 12.3. The topological polar surface area (TPSA) is 108 Å². The molecule has 0 bridgehead atoms. The molecular weight excluding hydrogens is 448 g/mol. The van der Waals surface area contributed by atoms with Gasteiger partial charge in [0, 0.05) is 24.1 Å². The summed E-state index contributed by atoms with van der Waals surface area (Å²) in [5.74, 6) is -0.572. The number of aromatic nitrogens is 1. The molecule has 0 atom stereocenters. The zero-order valence-corrected chi connectivity index (χ0v) is 19.3. The van der Waals surface area contributed by atoms with Gasteiger partial charge in [-0.3, -0.25) is 19.2 Å². The maximum absolute atomic E-state index is 12.3. The highest BCUT2D eigenvalue weighted by Crippen LogP contribution is 2.29. The van der Waals surface area contributed by atoms with E-state index in [-0.39, 0.29) is 5.91 Å². The van der Waals surface area contributed by atoms with Crippen LogP contribution in [-0.4, -0.2) is 31.5 Å². The van der Waals surface area contributed by atoms with Gasteiger partial charge in [0.15, 0.2) is 5.13 Å². The van der Waals surface area contributed by atoms with Gasteiger partial charge >= 0.3 is 0 Å². The number of benzene rings is 2. The number of thiazole rings is 1. The van der Waals surface area contributed by atoms with Crippen LogP contribution in [0.3, 0.4) is 0 Å². The predicted molar refractivity (Wildman–Crippen MR) is 129 cm³/mol. The number of carbonyl (C=O) groups is 2. The van der Waals surface area contributed by atoms with Gasteiger partial charge in [-0.15, -0.1) is 11.3 Å². The number of para-hydroxylation sites is 1.